The Balaban J connectivity index is 2.71. The lowest BCUT2D eigenvalue weighted by Crippen LogP contribution is -1.92. The van der Waals surface area contributed by atoms with Crippen LogP contribution in [0.25, 0.3) is 0 Å². The van der Waals surface area contributed by atoms with Gasteiger partial charge in [-0.3, -0.25) is 0 Å². The maximum absolute atomic E-state index is 9.79. The first kappa shape index (κ1) is 16.0. The number of benzene rings is 2. The monoisotopic (exact) mass is 326 g/mol. The number of hydrogen-bond acceptors (Lipinski definition) is 9. The van der Waals surface area contributed by atoms with Crippen molar-refractivity contribution >= 4 is 0 Å². The molecule has 9 nitrogen and oxygen atoms in total. The Hall–Kier alpha value is -3.36. The molecular weight excluding hydrogens is 312 g/mol. The Morgan fingerprint density at radius 1 is 0.435 bits per heavy atom. The van der Waals surface area contributed by atoms with Gasteiger partial charge in [0.1, 0.15) is 0 Å². The molecule has 8 N–H and O–H groups in total. The zero-order chi connectivity index (χ0) is 17.6. The fraction of sp³-hybridized carbons (Fsp3) is 0.143. The quantitative estimate of drug-likeness (QED) is 0.302. The zero-order valence-electron chi connectivity index (χ0n) is 12.0. The van der Waals surface area contributed by atoms with Gasteiger partial charge >= 0.3 is 0 Å². The Morgan fingerprint density at radius 2 is 0.652 bits per heavy atom. The SMILES string of the molecule is Cc1c(O)c(O)c(Oc2c(O)c(O)c(C)c(O)c2O)c(O)c1O. The topological polar surface area (TPSA) is 171 Å². The van der Waals surface area contributed by atoms with Crippen LogP contribution in [0.5, 0.6) is 57.5 Å². The van der Waals surface area contributed by atoms with Crippen LogP contribution in [-0.2, 0) is 0 Å². The molecule has 2 rings (SSSR count). The van der Waals surface area contributed by atoms with E-state index < -0.39 is 57.5 Å². The fourth-order valence-corrected chi connectivity index (χ4v) is 1.88. The smallest absolute Gasteiger partial charge is 0.218 e. The molecule has 0 aromatic heterocycles. The molecule has 0 aliphatic heterocycles. The Labute approximate surface area is 129 Å². The number of ether oxygens (including phenoxy) is 1. The van der Waals surface area contributed by atoms with Gasteiger partial charge in [0.05, 0.1) is 0 Å². The summed E-state index contributed by atoms with van der Waals surface area (Å²) in [6.07, 6.45) is 0. The van der Waals surface area contributed by atoms with Crippen molar-refractivity contribution in [1.82, 2.24) is 0 Å². The lowest BCUT2D eigenvalue weighted by molar-refractivity contribution is 0.304. The van der Waals surface area contributed by atoms with Crippen LogP contribution < -0.4 is 4.74 Å². The molecule has 0 aliphatic carbocycles. The van der Waals surface area contributed by atoms with Gasteiger partial charge in [-0.25, -0.2) is 0 Å². The highest BCUT2D eigenvalue weighted by atomic mass is 16.5. The molecule has 9 heteroatoms. The predicted molar refractivity (Wildman–Crippen MR) is 75.8 cm³/mol. The van der Waals surface area contributed by atoms with E-state index in [1.54, 1.807) is 0 Å². The molecule has 0 saturated carbocycles. The van der Waals surface area contributed by atoms with Crippen LogP contribution in [0, 0.1) is 13.8 Å². The van der Waals surface area contributed by atoms with Crippen LogP contribution in [0.4, 0.5) is 0 Å². The lowest BCUT2D eigenvalue weighted by atomic mass is 10.1. The molecule has 0 unspecified atom stereocenters. The van der Waals surface area contributed by atoms with Crippen molar-refractivity contribution < 1.29 is 45.6 Å². The Morgan fingerprint density at radius 3 is 0.870 bits per heavy atom. The van der Waals surface area contributed by atoms with E-state index in [-0.39, 0.29) is 11.1 Å². The third-order valence-electron chi connectivity index (χ3n) is 3.38. The third-order valence-corrected chi connectivity index (χ3v) is 3.38. The summed E-state index contributed by atoms with van der Waals surface area (Å²) in [4.78, 5) is 0. The molecule has 0 spiro atoms. The molecule has 2 aromatic rings. The van der Waals surface area contributed by atoms with Crippen LogP contribution in [0.15, 0.2) is 0 Å². The van der Waals surface area contributed by atoms with E-state index in [1.807, 2.05) is 0 Å². The molecule has 0 bridgehead atoms. The zero-order valence-corrected chi connectivity index (χ0v) is 12.0. The highest BCUT2D eigenvalue weighted by Gasteiger charge is 2.28. The predicted octanol–water partition coefficient (Wildman–Crippen LogP) is 1.74. The highest BCUT2D eigenvalue weighted by molar-refractivity contribution is 5.72. The first-order chi connectivity index (χ1) is 10.6. The summed E-state index contributed by atoms with van der Waals surface area (Å²) in [6, 6.07) is 0. The minimum atomic E-state index is -0.990. The average Bonchev–Trinajstić information content (AvgIpc) is 2.54. The van der Waals surface area contributed by atoms with E-state index in [0.29, 0.717) is 0 Å². The molecular formula is C14H14O9. The van der Waals surface area contributed by atoms with Gasteiger partial charge < -0.3 is 45.6 Å². The van der Waals surface area contributed by atoms with E-state index in [0.717, 1.165) is 0 Å². The molecule has 0 fully saturated rings. The van der Waals surface area contributed by atoms with Crippen LogP contribution >= 0.6 is 0 Å². The first-order valence-corrected chi connectivity index (χ1v) is 6.20. The molecule has 0 saturated heterocycles. The van der Waals surface area contributed by atoms with Crippen molar-refractivity contribution in [3.05, 3.63) is 11.1 Å². The van der Waals surface area contributed by atoms with E-state index in [4.69, 9.17) is 4.74 Å². The Kier molecular flexibility index (Phi) is 3.57. The maximum Gasteiger partial charge on any atom is 0.218 e. The van der Waals surface area contributed by atoms with Crippen LogP contribution in [-0.4, -0.2) is 40.9 Å². The summed E-state index contributed by atoms with van der Waals surface area (Å²) in [6.45, 7) is 2.40. The summed E-state index contributed by atoms with van der Waals surface area (Å²) < 4.78 is 4.89. The molecule has 0 aliphatic rings. The van der Waals surface area contributed by atoms with Crippen molar-refractivity contribution in [2.24, 2.45) is 0 Å². The van der Waals surface area contributed by atoms with Crippen molar-refractivity contribution in [3.8, 4) is 57.5 Å². The number of phenols is 8. The van der Waals surface area contributed by atoms with E-state index >= 15 is 0 Å². The van der Waals surface area contributed by atoms with Gasteiger partial charge in [-0.2, -0.15) is 0 Å². The molecule has 0 radical (unpaired) electrons. The van der Waals surface area contributed by atoms with Gasteiger partial charge in [-0.05, 0) is 13.8 Å². The van der Waals surface area contributed by atoms with Gasteiger partial charge in [-0.15, -0.1) is 0 Å². The van der Waals surface area contributed by atoms with E-state index in [2.05, 4.69) is 0 Å². The second-order valence-electron chi connectivity index (χ2n) is 4.80. The minimum Gasteiger partial charge on any atom is -0.504 e. The van der Waals surface area contributed by atoms with Crippen LogP contribution in [0.2, 0.25) is 0 Å². The molecule has 0 heterocycles. The molecule has 0 amide bonds. The van der Waals surface area contributed by atoms with E-state index in [9.17, 15) is 40.9 Å². The second kappa shape index (κ2) is 5.13. The standard InChI is InChI=1S/C14H14O9/c1-3-5(15)9(19)13(10(20)6(3)16)23-14-11(21)7(17)4(2)8(18)12(14)22/h15-22H,1-2H3. The van der Waals surface area contributed by atoms with Crippen molar-refractivity contribution in [1.29, 1.82) is 0 Å². The van der Waals surface area contributed by atoms with Gasteiger partial charge in [0.15, 0.2) is 23.0 Å². The third kappa shape index (κ3) is 2.18. The average molecular weight is 326 g/mol. The highest BCUT2D eigenvalue weighted by Crippen LogP contribution is 2.57. The van der Waals surface area contributed by atoms with Gasteiger partial charge in [0.2, 0.25) is 34.5 Å². The van der Waals surface area contributed by atoms with E-state index in [1.165, 1.54) is 13.8 Å². The Bertz CT molecular complexity index is 685. The summed E-state index contributed by atoms with van der Waals surface area (Å²) >= 11 is 0. The molecule has 124 valence electrons. The minimum absolute atomic E-state index is 0.240. The molecule has 2 aromatic carbocycles. The lowest BCUT2D eigenvalue weighted by Gasteiger charge is -2.17. The summed E-state index contributed by atoms with van der Waals surface area (Å²) in [5, 5.41) is 77.7. The van der Waals surface area contributed by atoms with Crippen LogP contribution in [0.3, 0.4) is 0 Å². The molecule has 23 heavy (non-hydrogen) atoms. The van der Waals surface area contributed by atoms with Gasteiger partial charge in [-0.1, -0.05) is 0 Å². The normalized spacial score (nSPS) is 10.7. The summed E-state index contributed by atoms with van der Waals surface area (Å²) in [5.41, 5.74) is -0.481. The fourth-order valence-electron chi connectivity index (χ4n) is 1.88. The summed E-state index contributed by atoms with van der Waals surface area (Å²) in [7, 11) is 0. The van der Waals surface area contributed by atoms with Crippen molar-refractivity contribution in [3.63, 3.8) is 0 Å². The second-order valence-corrected chi connectivity index (χ2v) is 4.80. The summed E-state index contributed by atoms with van der Waals surface area (Å²) in [5.74, 6) is -9.01. The van der Waals surface area contributed by atoms with Crippen LogP contribution in [0.1, 0.15) is 11.1 Å². The van der Waals surface area contributed by atoms with Crippen molar-refractivity contribution in [2.75, 3.05) is 0 Å². The number of phenolic OH excluding ortho intramolecular Hbond substituents is 8. The van der Waals surface area contributed by atoms with Gasteiger partial charge in [0.25, 0.3) is 0 Å². The van der Waals surface area contributed by atoms with Crippen molar-refractivity contribution in [2.45, 2.75) is 13.8 Å². The largest absolute Gasteiger partial charge is 0.504 e. The maximum atomic E-state index is 9.79. The number of aromatic hydroxyl groups is 8. The number of rotatable bonds is 2. The number of hydrogen-bond donors (Lipinski definition) is 8. The molecule has 0 atom stereocenters. The first-order valence-electron chi connectivity index (χ1n) is 6.20. The van der Waals surface area contributed by atoms with Gasteiger partial charge in [0, 0.05) is 11.1 Å².